The van der Waals surface area contributed by atoms with Gasteiger partial charge in [-0.15, -0.1) is 0 Å². The number of nitrogens with one attached hydrogen (secondary N) is 1. The van der Waals surface area contributed by atoms with Crippen molar-refractivity contribution in [2.24, 2.45) is 0 Å². The Morgan fingerprint density at radius 3 is 2.45 bits per heavy atom. The number of amides is 1. The summed E-state index contributed by atoms with van der Waals surface area (Å²) < 4.78 is 44.5. The molecule has 3 nitrogen and oxygen atoms in total. The maximum Gasteiger partial charge on any atom is 0.418 e. The first-order valence-corrected chi connectivity index (χ1v) is 7.28. The molecule has 0 saturated heterocycles. The van der Waals surface area contributed by atoms with Crippen molar-refractivity contribution in [3.63, 3.8) is 0 Å². The van der Waals surface area contributed by atoms with Crippen LogP contribution >= 0.6 is 22.6 Å². The van der Waals surface area contributed by atoms with Crippen LogP contribution in [0.4, 0.5) is 18.9 Å². The number of rotatable bonds is 4. The molecule has 1 amide bonds. The summed E-state index contributed by atoms with van der Waals surface area (Å²) >= 11 is 1.78. The Bertz CT molecular complexity index is 660. The summed E-state index contributed by atoms with van der Waals surface area (Å²) in [6.45, 7) is -0.368. The van der Waals surface area contributed by atoms with E-state index in [4.69, 9.17) is 4.74 Å². The molecule has 7 heteroatoms. The molecule has 0 atom stereocenters. The first kappa shape index (κ1) is 16.6. The van der Waals surface area contributed by atoms with Crippen LogP contribution in [0, 0.1) is 3.57 Å². The molecule has 2 aromatic carbocycles. The highest BCUT2D eigenvalue weighted by Crippen LogP contribution is 2.35. The third-order valence-corrected chi connectivity index (χ3v) is 3.35. The van der Waals surface area contributed by atoms with Gasteiger partial charge < -0.3 is 10.1 Å². The van der Waals surface area contributed by atoms with Gasteiger partial charge in [0.15, 0.2) is 6.61 Å². The summed E-state index contributed by atoms with van der Waals surface area (Å²) in [6, 6.07) is 12.2. The number of carbonyl (C=O) groups is 1. The summed E-state index contributed by atoms with van der Waals surface area (Å²) in [6.07, 6.45) is -4.54. The van der Waals surface area contributed by atoms with E-state index < -0.39 is 17.6 Å². The maximum atomic E-state index is 12.9. The van der Waals surface area contributed by atoms with Crippen molar-refractivity contribution in [3.05, 3.63) is 57.7 Å². The van der Waals surface area contributed by atoms with Gasteiger partial charge in [0, 0.05) is 3.57 Å². The quantitative estimate of drug-likeness (QED) is 0.747. The van der Waals surface area contributed by atoms with E-state index in [-0.39, 0.29) is 12.3 Å². The molecule has 0 radical (unpaired) electrons. The lowest BCUT2D eigenvalue weighted by atomic mass is 10.1. The number of halogens is 4. The zero-order valence-electron chi connectivity index (χ0n) is 11.2. The second-order valence-corrected chi connectivity index (χ2v) is 5.58. The second kappa shape index (κ2) is 6.99. The van der Waals surface area contributed by atoms with Crippen LogP contribution in [0.15, 0.2) is 48.5 Å². The Balaban J connectivity index is 2.06. The van der Waals surface area contributed by atoms with Crippen LogP contribution in [0.1, 0.15) is 5.56 Å². The van der Waals surface area contributed by atoms with Gasteiger partial charge in [-0.25, -0.2) is 0 Å². The Kier molecular flexibility index (Phi) is 5.28. The van der Waals surface area contributed by atoms with E-state index in [1.54, 1.807) is 52.9 Å². The first-order chi connectivity index (χ1) is 10.4. The number of para-hydroxylation sites is 1. The van der Waals surface area contributed by atoms with Crippen LogP contribution in [0.2, 0.25) is 0 Å². The van der Waals surface area contributed by atoms with Gasteiger partial charge in [0.2, 0.25) is 0 Å². The lowest BCUT2D eigenvalue weighted by Gasteiger charge is -2.14. The fourth-order valence-electron chi connectivity index (χ4n) is 1.71. The van der Waals surface area contributed by atoms with E-state index in [1.165, 1.54) is 12.1 Å². The van der Waals surface area contributed by atoms with Crippen LogP contribution in [0.3, 0.4) is 0 Å². The zero-order valence-corrected chi connectivity index (χ0v) is 13.3. The van der Waals surface area contributed by atoms with Crippen LogP contribution in [-0.2, 0) is 11.0 Å². The first-order valence-electron chi connectivity index (χ1n) is 6.21. The van der Waals surface area contributed by atoms with Crippen LogP contribution < -0.4 is 10.1 Å². The number of alkyl halides is 3. The number of hydrogen-bond acceptors (Lipinski definition) is 2. The molecule has 0 aromatic heterocycles. The minimum atomic E-state index is -4.54. The summed E-state index contributed by atoms with van der Waals surface area (Å²) in [5, 5.41) is 2.23. The van der Waals surface area contributed by atoms with Crippen molar-refractivity contribution < 1.29 is 22.7 Å². The molecule has 0 spiro atoms. The second-order valence-electron chi connectivity index (χ2n) is 4.34. The average Bonchev–Trinajstić information content (AvgIpc) is 2.47. The molecule has 2 aromatic rings. The highest BCUT2D eigenvalue weighted by Gasteiger charge is 2.34. The maximum absolute atomic E-state index is 12.9. The fourth-order valence-corrected chi connectivity index (χ4v) is 2.20. The molecule has 0 heterocycles. The number of hydrogen-bond donors (Lipinski definition) is 1. The van der Waals surface area contributed by atoms with Gasteiger partial charge in [-0.05, 0) is 52.9 Å². The Morgan fingerprint density at radius 1 is 1.14 bits per heavy atom. The van der Waals surface area contributed by atoms with E-state index in [0.29, 0.717) is 9.32 Å². The predicted molar refractivity (Wildman–Crippen MR) is 84.7 cm³/mol. The normalized spacial score (nSPS) is 11.1. The Hall–Kier alpha value is -1.77. The average molecular weight is 421 g/mol. The Labute approximate surface area is 138 Å². The Morgan fingerprint density at radius 2 is 1.82 bits per heavy atom. The molecule has 1 N–H and O–H groups in total. The largest absolute Gasteiger partial charge is 0.484 e. The summed E-state index contributed by atoms with van der Waals surface area (Å²) in [7, 11) is 0. The molecule has 0 fully saturated rings. The molecule has 0 aliphatic heterocycles. The molecule has 2 rings (SSSR count). The molecular formula is C15H11F3INO2. The number of benzene rings is 2. The molecule has 0 bridgehead atoms. The lowest BCUT2D eigenvalue weighted by molar-refractivity contribution is -0.137. The molecule has 22 heavy (non-hydrogen) atoms. The molecule has 0 unspecified atom stereocenters. The third-order valence-electron chi connectivity index (χ3n) is 2.67. The zero-order chi connectivity index (χ0) is 16.2. The van der Waals surface area contributed by atoms with Crippen molar-refractivity contribution >= 4 is 34.2 Å². The van der Waals surface area contributed by atoms with E-state index in [0.717, 1.165) is 6.07 Å². The smallest absolute Gasteiger partial charge is 0.418 e. The van der Waals surface area contributed by atoms with Gasteiger partial charge in [0.05, 0.1) is 11.3 Å². The lowest BCUT2D eigenvalue weighted by Crippen LogP contribution is -2.22. The van der Waals surface area contributed by atoms with E-state index in [1.807, 2.05) is 0 Å². The summed E-state index contributed by atoms with van der Waals surface area (Å²) in [5.74, 6) is -0.188. The SMILES string of the molecule is O=C(COc1ccccc1)Nc1ccc(I)cc1C(F)(F)F. The van der Waals surface area contributed by atoms with Crippen molar-refractivity contribution in [2.45, 2.75) is 6.18 Å². The van der Waals surface area contributed by atoms with E-state index >= 15 is 0 Å². The molecule has 116 valence electrons. The molecular weight excluding hydrogens is 410 g/mol. The van der Waals surface area contributed by atoms with Gasteiger partial charge in [-0.1, -0.05) is 18.2 Å². The topological polar surface area (TPSA) is 38.3 Å². The van der Waals surface area contributed by atoms with Crippen LogP contribution in [0.5, 0.6) is 5.75 Å². The van der Waals surface area contributed by atoms with Gasteiger partial charge in [0.1, 0.15) is 5.75 Å². The standard InChI is InChI=1S/C15H11F3INO2/c16-15(17,18)12-8-10(19)6-7-13(12)20-14(21)9-22-11-4-2-1-3-5-11/h1-8H,9H2,(H,20,21). The highest BCUT2D eigenvalue weighted by atomic mass is 127. The minimum Gasteiger partial charge on any atom is -0.484 e. The third kappa shape index (κ3) is 4.62. The van der Waals surface area contributed by atoms with E-state index in [2.05, 4.69) is 5.32 Å². The number of ether oxygens (including phenoxy) is 1. The summed E-state index contributed by atoms with van der Waals surface area (Å²) in [4.78, 5) is 11.7. The fraction of sp³-hybridized carbons (Fsp3) is 0.133. The van der Waals surface area contributed by atoms with E-state index in [9.17, 15) is 18.0 Å². The number of carbonyl (C=O) groups excluding carboxylic acids is 1. The van der Waals surface area contributed by atoms with Crippen molar-refractivity contribution in [3.8, 4) is 5.75 Å². The minimum absolute atomic E-state index is 0.283. The predicted octanol–water partition coefficient (Wildman–Crippen LogP) is 4.33. The number of anilines is 1. The molecule has 0 aliphatic rings. The van der Waals surface area contributed by atoms with Crippen molar-refractivity contribution in [1.82, 2.24) is 0 Å². The van der Waals surface area contributed by atoms with Crippen molar-refractivity contribution in [2.75, 3.05) is 11.9 Å². The monoisotopic (exact) mass is 421 g/mol. The van der Waals surface area contributed by atoms with Gasteiger partial charge >= 0.3 is 6.18 Å². The summed E-state index contributed by atoms with van der Waals surface area (Å²) in [5.41, 5.74) is -1.16. The highest BCUT2D eigenvalue weighted by molar-refractivity contribution is 14.1. The van der Waals surface area contributed by atoms with Crippen LogP contribution in [-0.4, -0.2) is 12.5 Å². The van der Waals surface area contributed by atoms with Gasteiger partial charge in [0.25, 0.3) is 5.91 Å². The van der Waals surface area contributed by atoms with Gasteiger partial charge in [-0.2, -0.15) is 13.2 Å². The van der Waals surface area contributed by atoms with Gasteiger partial charge in [-0.3, -0.25) is 4.79 Å². The molecule has 0 aliphatic carbocycles. The van der Waals surface area contributed by atoms with Crippen LogP contribution in [0.25, 0.3) is 0 Å². The van der Waals surface area contributed by atoms with Crippen molar-refractivity contribution in [1.29, 1.82) is 0 Å². The molecule has 0 saturated carbocycles.